The molecule has 0 aromatic carbocycles. The van der Waals surface area contributed by atoms with Crippen molar-refractivity contribution in [2.45, 2.75) is 90.8 Å². The minimum absolute atomic E-state index is 0.176. The second kappa shape index (κ2) is 8.71. The van der Waals surface area contributed by atoms with Crippen LogP contribution >= 0.6 is 0 Å². The number of likely N-dealkylation sites (tertiary alicyclic amines) is 1. The highest BCUT2D eigenvalue weighted by Crippen LogP contribution is 2.35. The normalized spacial score (nSPS) is 30.3. The fourth-order valence-corrected chi connectivity index (χ4v) is 5.73. The Morgan fingerprint density at radius 1 is 0.966 bits per heavy atom. The number of hydrogen-bond donors (Lipinski definition) is 0. The van der Waals surface area contributed by atoms with Gasteiger partial charge in [-0.3, -0.25) is 9.69 Å². The maximum atomic E-state index is 12.2. The van der Waals surface area contributed by atoms with Gasteiger partial charge in [-0.2, -0.15) is 0 Å². The SMILES string of the molecule is CC(C)C(=O)C1CCC(Cc2cnc(N3C4CCC3CN(C(C)C)C4)nc2)CC1. The molecule has 29 heavy (non-hydrogen) atoms. The highest BCUT2D eigenvalue weighted by molar-refractivity contribution is 5.82. The molecule has 2 unspecified atom stereocenters. The predicted molar refractivity (Wildman–Crippen MR) is 117 cm³/mol. The number of rotatable bonds is 6. The Balaban J connectivity index is 1.32. The summed E-state index contributed by atoms with van der Waals surface area (Å²) in [5, 5.41) is 0. The highest BCUT2D eigenvalue weighted by atomic mass is 16.1. The quantitative estimate of drug-likeness (QED) is 0.722. The fourth-order valence-electron chi connectivity index (χ4n) is 5.73. The topological polar surface area (TPSA) is 49.3 Å². The maximum Gasteiger partial charge on any atom is 0.225 e. The van der Waals surface area contributed by atoms with E-state index in [9.17, 15) is 4.79 Å². The molecule has 1 aromatic heterocycles. The third kappa shape index (κ3) is 4.50. The van der Waals surface area contributed by atoms with Crippen LogP contribution in [0.2, 0.25) is 0 Å². The smallest absolute Gasteiger partial charge is 0.225 e. The molecule has 1 saturated carbocycles. The van der Waals surface area contributed by atoms with Gasteiger partial charge in [0.1, 0.15) is 5.78 Å². The summed E-state index contributed by atoms with van der Waals surface area (Å²) in [4.78, 5) is 26.9. The molecule has 1 aromatic rings. The van der Waals surface area contributed by atoms with E-state index in [1.165, 1.54) is 18.4 Å². The molecule has 2 atom stereocenters. The van der Waals surface area contributed by atoms with Gasteiger partial charge in [0.25, 0.3) is 0 Å². The van der Waals surface area contributed by atoms with E-state index in [0.29, 0.717) is 35.7 Å². The molecule has 3 fully saturated rings. The summed E-state index contributed by atoms with van der Waals surface area (Å²) in [6, 6.07) is 1.75. The Bertz CT molecular complexity index is 679. The second-order valence-corrected chi connectivity index (χ2v) is 10.2. The zero-order valence-electron chi connectivity index (χ0n) is 18.7. The van der Waals surface area contributed by atoms with Crippen LogP contribution in [0.25, 0.3) is 0 Å². The average molecular weight is 399 g/mol. The lowest BCUT2D eigenvalue weighted by atomic mass is 9.76. The molecule has 4 rings (SSSR count). The van der Waals surface area contributed by atoms with E-state index in [2.05, 4.69) is 36.0 Å². The van der Waals surface area contributed by atoms with Crippen LogP contribution < -0.4 is 4.90 Å². The number of piperazine rings is 1. The number of aromatic nitrogens is 2. The van der Waals surface area contributed by atoms with Crippen LogP contribution in [0.4, 0.5) is 5.95 Å². The van der Waals surface area contributed by atoms with Crippen LogP contribution in [0.1, 0.15) is 71.8 Å². The maximum absolute atomic E-state index is 12.2. The van der Waals surface area contributed by atoms with Crippen LogP contribution in [-0.2, 0) is 11.2 Å². The van der Waals surface area contributed by atoms with Crippen molar-refractivity contribution in [2.24, 2.45) is 17.8 Å². The van der Waals surface area contributed by atoms with Gasteiger partial charge in [-0.05, 0) is 70.3 Å². The van der Waals surface area contributed by atoms with Crippen LogP contribution in [0, 0.1) is 17.8 Å². The van der Waals surface area contributed by atoms with Gasteiger partial charge in [0.05, 0.1) is 0 Å². The summed E-state index contributed by atoms with van der Waals surface area (Å²) < 4.78 is 0. The summed E-state index contributed by atoms with van der Waals surface area (Å²) in [6.07, 6.45) is 12.1. The Kier molecular flexibility index (Phi) is 6.24. The first-order valence-electron chi connectivity index (χ1n) is 11.8. The largest absolute Gasteiger partial charge is 0.332 e. The Labute approximate surface area is 176 Å². The van der Waals surface area contributed by atoms with E-state index in [1.807, 2.05) is 13.8 Å². The van der Waals surface area contributed by atoms with E-state index in [4.69, 9.17) is 9.97 Å². The zero-order chi connectivity index (χ0) is 20.5. The van der Waals surface area contributed by atoms with Gasteiger partial charge in [0, 0.05) is 55.4 Å². The number of anilines is 1. The lowest BCUT2D eigenvalue weighted by Gasteiger charge is -2.42. The van der Waals surface area contributed by atoms with Gasteiger partial charge in [0.15, 0.2) is 0 Å². The van der Waals surface area contributed by atoms with Crippen molar-refractivity contribution in [3.05, 3.63) is 18.0 Å². The van der Waals surface area contributed by atoms with Gasteiger partial charge in [-0.25, -0.2) is 9.97 Å². The summed E-state index contributed by atoms with van der Waals surface area (Å²) in [5.41, 5.74) is 1.25. The van der Waals surface area contributed by atoms with E-state index >= 15 is 0 Å². The number of Topliss-reactive ketones (excluding diaryl/α,β-unsaturated/α-hetero) is 1. The van der Waals surface area contributed by atoms with Crippen molar-refractivity contribution >= 4 is 11.7 Å². The number of fused-ring (bicyclic) bond motifs is 2. The molecule has 2 aliphatic heterocycles. The molecule has 0 N–H and O–H groups in total. The minimum atomic E-state index is 0.176. The molecule has 0 amide bonds. The summed E-state index contributed by atoms with van der Waals surface area (Å²) in [7, 11) is 0. The highest BCUT2D eigenvalue weighted by Gasteiger charge is 2.41. The third-order valence-corrected chi connectivity index (χ3v) is 7.51. The zero-order valence-corrected chi connectivity index (χ0v) is 18.7. The number of ketones is 1. The van der Waals surface area contributed by atoms with Crippen LogP contribution in [0.15, 0.2) is 12.4 Å². The van der Waals surface area contributed by atoms with Crippen molar-refractivity contribution in [3.63, 3.8) is 0 Å². The molecule has 5 nitrogen and oxygen atoms in total. The van der Waals surface area contributed by atoms with E-state index in [0.717, 1.165) is 51.1 Å². The summed E-state index contributed by atoms with van der Waals surface area (Å²) in [5.74, 6) is 2.53. The first kappa shape index (κ1) is 20.8. The van der Waals surface area contributed by atoms with Crippen LogP contribution in [-0.4, -0.2) is 51.9 Å². The first-order chi connectivity index (χ1) is 13.9. The molecule has 3 heterocycles. The Morgan fingerprint density at radius 2 is 1.55 bits per heavy atom. The molecular formula is C24H38N4O. The van der Waals surface area contributed by atoms with Crippen molar-refractivity contribution in [1.82, 2.24) is 14.9 Å². The van der Waals surface area contributed by atoms with Crippen LogP contribution in [0.3, 0.4) is 0 Å². The molecular weight excluding hydrogens is 360 g/mol. The standard InChI is InChI=1S/C24H38N4O/c1-16(2)23(29)20-7-5-18(6-8-20)11-19-12-25-24(26-13-19)28-21-9-10-22(28)15-27(14-21)17(3)4/h12-13,16-18,20-22H,5-11,14-15H2,1-4H3. The van der Waals surface area contributed by atoms with Gasteiger partial charge >= 0.3 is 0 Å². The molecule has 0 radical (unpaired) electrons. The van der Waals surface area contributed by atoms with E-state index < -0.39 is 0 Å². The molecule has 2 bridgehead atoms. The van der Waals surface area contributed by atoms with Crippen molar-refractivity contribution in [2.75, 3.05) is 18.0 Å². The van der Waals surface area contributed by atoms with Gasteiger partial charge in [0.2, 0.25) is 5.95 Å². The van der Waals surface area contributed by atoms with Gasteiger partial charge < -0.3 is 4.90 Å². The number of hydrogen-bond acceptors (Lipinski definition) is 5. The molecule has 5 heteroatoms. The Morgan fingerprint density at radius 3 is 2.07 bits per heavy atom. The summed E-state index contributed by atoms with van der Waals surface area (Å²) in [6.45, 7) is 10.9. The fraction of sp³-hybridized carbons (Fsp3) is 0.792. The molecule has 2 saturated heterocycles. The molecule has 160 valence electrons. The Hall–Kier alpha value is -1.49. The second-order valence-electron chi connectivity index (χ2n) is 10.2. The number of nitrogens with zero attached hydrogens (tertiary/aromatic N) is 4. The monoisotopic (exact) mass is 398 g/mol. The first-order valence-corrected chi connectivity index (χ1v) is 11.8. The molecule has 3 aliphatic rings. The van der Waals surface area contributed by atoms with E-state index in [1.54, 1.807) is 0 Å². The van der Waals surface area contributed by atoms with Crippen LogP contribution in [0.5, 0.6) is 0 Å². The van der Waals surface area contributed by atoms with E-state index in [-0.39, 0.29) is 5.92 Å². The number of carbonyl (C=O) groups is 1. The van der Waals surface area contributed by atoms with Crippen molar-refractivity contribution < 1.29 is 4.79 Å². The average Bonchev–Trinajstić information content (AvgIpc) is 2.97. The van der Waals surface area contributed by atoms with Crippen molar-refractivity contribution in [3.8, 4) is 0 Å². The lowest BCUT2D eigenvalue weighted by molar-refractivity contribution is -0.127. The third-order valence-electron chi connectivity index (χ3n) is 7.51. The minimum Gasteiger partial charge on any atom is -0.332 e. The molecule has 1 aliphatic carbocycles. The summed E-state index contributed by atoms with van der Waals surface area (Å²) >= 11 is 0. The van der Waals surface area contributed by atoms with Crippen molar-refractivity contribution in [1.29, 1.82) is 0 Å². The lowest BCUT2D eigenvalue weighted by Crippen LogP contribution is -2.56. The number of carbonyl (C=O) groups excluding carboxylic acids is 1. The predicted octanol–water partition coefficient (Wildman–Crippen LogP) is 4.11. The van der Waals surface area contributed by atoms with Gasteiger partial charge in [-0.1, -0.05) is 13.8 Å². The van der Waals surface area contributed by atoms with Gasteiger partial charge in [-0.15, -0.1) is 0 Å². The molecule has 0 spiro atoms.